The molecule has 2 rings (SSSR count). The minimum Gasteiger partial charge on any atom is -0.454 e. The maximum atomic E-state index is 10.7. The van der Waals surface area contributed by atoms with Crippen molar-refractivity contribution in [2.24, 2.45) is 5.41 Å². The van der Waals surface area contributed by atoms with Crippen molar-refractivity contribution in [1.82, 2.24) is 0 Å². The van der Waals surface area contributed by atoms with Gasteiger partial charge in [0.2, 0.25) is 6.79 Å². The Morgan fingerprint density at radius 1 is 1.53 bits per heavy atom. The molecule has 0 radical (unpaired) electrons. The highest BCUT2D eigenvalue weighted by Crippen LogP contribution is 2.33. The highest BCUT2D eigenvalue weighted by atomic mass is 16.7. The van der Waals surface area contributed by atoms with Crippen LogP contribution in [0.25, 0.3) is 6.05 Å². The number of hydrogen-bond donors (Lipinski definition) is 1. The van der Waals surface area contributed by atoms with Crippen LogP contribution >= 0.6 is 0 Å². The summed E-state index contributed by atoms with van der Waals surface area (Å²) < 4.78 is 118. The van der Waals surface area contributed by atoms with Crippen LogP contribution < -0.4 is 9.47 Å². The van der Waals surface area contributed by atoms with E-state index in [9.17, 15) is 5.11 Å². The van der Waals surface area contributed by atoms with Crippen molar-refractivity contribution in [2.45, 2.75) is 26.6 Å². The van der Waals surface area contributed by atoms with Crippen LogP contribution in [0, 0.1) is 5.41 Å². The summed E-state index contributed by atoms with van der Waals surface area (Å²) in [7, 11) is 0. The molecular weight excluding hydrogens is 216 g/mol. The molecule has 0 saturated heterocycles. The summed E-state index contributed by atoms with van der Waals surface area (Å²) in [6, 6.07) is -3.18. The van der Waals surface area contributed by atoms with Crippen LogP contribution in [0.3, 0.4) is 0 Å². The Labute approximate surface area is 121 Å². The number of hydrogen-bond acceptors (Lipinski definition) is 3. The number of ether oxygens (including phenoxy) is 2. The second kappa shape index (κ2) is 4.41. The van der Waals surface area contributed by atoms with Gasteiger partial charge in [-0.3, -0.25) is 0 Å². The van der Waals surface area contributed by atoms with E-state index >= 15 is 0 Å². The van der Waals surface area contributed by atoms with Crippen molar-refractivity contribution >= 4 is 6.05 Å². The Morgan fingerprint density at radius 2 is 2.29 bits per heavy atom. The fraction of sp³-hybridized carbons (Fsp3) is 0.429. The second-order valence-corrected chi connectivity index (χ2v) is 3.24. The lowest BCUT2D eigenvalue weighted by Gasteiger charge is -2.22. The van der Waals surface area contributed by atoms with Crippen molar-refractivity contribution in [3.63, 3.8) is 0 Å². The molecule has 3 heteroatoms. The summed E-state index contributed by atoms with van der Waals surface area (Å²) in [4.78, 5) is 0. The summed E-state index contributed by atoms with van der Waals surface area (Å²) >= 11 is 0. The molecule has 0 aliphatic carbocycles. The molecule has 0 bridgehead atoms. The molecule has 1 aliphatic rings. The average Bonchev–Trinajstić information content (AvgIpc) is 2.97. The van der Waals surface area contributed by atoms with E-state index in [4.69, 9.17) is 28.7 Å². The molecule has 0 spiro atoms. The van der Waals surface area contributed by atoms with Gasteiger partial charge in [-0.1, -0.05) is 38.7 Å². The average molecular weight is 248 g/mol. The van der Waals surface area contributed by atoms with Crippen LogP contribution in [0.2, 0.25) is 0 Å². The smallest absolute Gasteiger partial charge is 0.231 e. The Kier molecular flexibility index (Phi) is 0.912. The molecule has 0 aromatic heterocycles. The molecule has 1 N–H and O–H groups in total. The van der Waals surface area contributed by atoms with Crippen LogP contribution in [-0.4, -0.2) is 18.0 Å². The van der Waals surface area contributed by atoms with Crippen molar-refractivity contribution in [1.29, 1.82) is 0 Å². The van der Waals surface area contributed by atoms with Crippen molar-refractivity contribution in [3.8, 4) is 11.5 Å². The molecule has 3 nitrogen and oxygen atoms in total. The highest BCUT2D eigenvalue weighted by Gasteiger charge is 2.19. The van der Waals surface area contributed by atoms with Crippen molar-refractivity contribution < 1.29 is 33.8 Å². The number of benzene rings is 1. The van der Waals surface area contributed by atoms with Gasteiger partial charge in [0.15, 0.2) is 11.5 Å². The van der Waals surface area contributed by atoms with Crippen LogP contribution in [0.5, 0.6) is 11.5 Å². The molecule has 17 heavy (non-hydrogen) atoms. The first-order valence-corrected chi connectivity index (χ1v) is 4.54. The first kappa shape index (κ1) is 3.51. The third-order valence-corrected chi connectivity index (χ3v) is 1.89. The van der Waals surface area contributed by atoms with Gasteiger partial charge in [-0.2, -0.15) is 0 Å². The van der Waals surface area contributed by atoms with E-state index in [0.29, 0.717) is 0 Å². The standard InChI is InChI=1S/C14H18O3/c1-14(2,3)13(15)7-5-10-4-6-11-12(8-10)17-9-16-11/h4-8,13,15H,9H2,1-3H3/b7-5+/i1D3,2D3,3D3,4D,5D,6D,8D,13D. The molecule has 0 amide bonds. The number of aliphatic hydroxyl groups is 1. The van der Waals surface area contributed by atoms with Crippen LogP contribution in [0.4, 0.5) is 0 Å². The normalized spacial score (nSPS) is 33.1. The van der Waals surface area contributed by atoms with Gasteiger partial charge in [-0.15, -0.1) is 0 Å². The lowest BCUT2D eigenvalue weighted by molar-refractivity contribution is 0.106. The predicted octanol–water partition coefficient (Wildman–Crippen LogP) is 2.84. The fourth-order valence-electron chi connectivity index (χ4n) is 1.05. The fourth-order valence-corrected chi connectivity index (χ4v) is 1.05. The van der Waals surface area contributed by atoms with E-state index in [-0.39, 0.29) is 24.4 Å². The molecule has 0 fully saturated rings. The Bertz CT molecular complexity index is 873. The van der Waals surface area contributed by atoms with Gasteiger partial charge >= 0.3 is 0 Å². The zero-order chi connectivity index (χ0) is 24.4. The SMILES string of the molecule is [2H]/C(=C\C([2H])(O)C(C([2H])([2H])[2H])(C([2H])([2H])[2H])C([2H])([2H])[2H])c1c([2H])c([2H])c2c(c1[2H])OCO2. The Morgan fingerprint density at radius 3 is 3.06 bits per heavy atom. The summed E-state index contributed by atoms with van der Waals surface area (Å²) in [6.45, 7) is -12.2. The zero-order valence-corrected chi connectivity index (χ0v) is 8.55. The van der Waals surface area contributed by atoms with Crippen molar-refractivity contribution in [3.05, 3.63) is 29.8 Å². The highest BCUT2D eigenvalue weighted by molar-refractivity contribution is 5.56. The number of rotatable bonds is 2. The van der Waals surface area contributed by atoms with Gasteiger partial charge in [-0.25, -0.2) is 0 Å². The molecular formula is C14H18O3. The summed E-state index contributed by atoms with van der Waals surface area (Å²) in [5.41, 5.74) is -4.76. The third-order valence-electron chi connectivity index (χ3n) is 1.89. The summed E-state index contributed by atoms with van der Waals surface area (Å²) in [5, 5.41) is 10.7. The van der Waals surface area contributed by atoms with Crippen LogP contribution in [-0.2, 0) is 0 Å². The maximum absolute atomic E-state index is 10.7. The third kappa shape index (κ3) is 2.80. The minimum absolute atomic E-state index is 0.0329. The molecule has 1 aromatic carbocycles. The van der Waals surface area contributed by atoms with E-state index in [1.54, 1.807) is 0 Å². The van der Waals surface area contributed by atoms with Crippen LogP contribution in [0.1, 0.15) is 45.3 Å². The van der Waals surface area contributed by atoms with E-state index in [2.05, 4.69) is 0 Å². The molecule has 1 atom stereocenters. The van der Waals surface area contributed by atoms with E-state index in [0.717, 1.165) is 0 Å². The molecule has 1 heterocycles. The largest absolute Gasteiger partial charge is 0.454 e. The van der Waals surface area contributed by atoms with E-state index in [1.165, 1.54) is 0 Å². The first-order chi connectivity index (χ1) is 13.7. The van der Waals surface area contributed by atoms with Gasteiger partial charge < -0.3 is 14.6 Å². The first-order valence-electron chi connectivity index (χ1n) is 11.5. The number of fused-ring (bicyclic) bond motifs is 1. The zero-order valence-electron chi connectivity index (χ0n) is 22.5. The van der Waals surface area contributed by atoms with Crippen LogP contribution in [0.15, 0.2) is 24.2 Å². The van der Waals surface area contributed by atoms with E-state index < -0.39 is 61.8 Å². The molecule has 1 aliphatic heterocycles. The Balaban J connectivity index is 2.85. The molecule has 0 saturated carbocycles. The molecule has 1 unspecified atom stereocenters. The summed E-state index contributed by atoms with van der Waals surface area (Å²) in [6.07, 6.45) is -3.88. The van der Waals surface area contributed by atoms with Gasteiger partial charge in [0.1, 0.15) is 0 Å². The maximum Gasteiger partial charge on any atom is 0.231 e. The lowest BCUT2D eigenvalue weighted by atomic mass is 9.89. The second-order valence-electron chi connectivity index (χ2n) is 3.24. The molecule has 92 valence electrons. The van der Waals surface area contributed by atoms with E-state index in [1.807, 2.05) is 0 Å². The minimum atomic E-state index is -4.04. The van der Waals surface area contributed by atoms with Gasteiger partial charge in [0, 0.05) is 12.3 Å². The van der Waals surface area contributed by atoms with Gasteiger partial charge in [-0.05, 0) is 23.1 Å². The monoisotopic (exact) mass is 248 g/mol. The van der Waals surface area contributed by atoms with Gasteiger partial charge in [0.05, 0.1) is 12.9 Å². The van der Waals surface area contributed by atoms with Gasteiger partial charge in [0.25, 0.3) is 0 Å². The quantitative estimate of drug-likeness (QED) is 0.874. The molecule has 1 aromatic rings. The topological polar surface area (TPSA) is 38.7 Å². The Hall–Kier alpha value is -1.48. The van der Waals surface area contributed by atoms with Crippen molar-refractivity contribution in [2.75, 3.05) is 6.79 Å². The lowest BCUT2D eigenvalue weighted by Crippen LogP contribution is -2.23. The summed E-state index contributed by atoms with van der Waals surface area (Å²) in [5.74, 6) is -0.578. The predicted molar refractivity (Wildman–Crippen MR) is 67.1 cm³/mol.